The molecule has 3 nitrogen and oxygen atoms in total. The van der Waals surface area contributed by atoms with E-state index in [9.17, 15) is 4.79 Å². The number of carbonyl (C=O) groups is 1. The molecular formula is C12H20O3. The molecule has 2 aliphatic rings. The van der Waals surface area contributed by atoms with E-state index in [1.807, 2.05) is 0 Å². The molecule has 15 heavy (non-hydrogen) atoms. The molecule has 0 aromatic heterocycles. The normalized spacial score (nSPS) is 29.5. The lowest BCUT2D eigenvalue weighted by atomic mass is 9.82. The van der Waals surface area contributed by atoms with E-state index in [1.165, 1.54) is 25.7 Å². The summed E-state index contributed by atoms with van der Waals surface area (Å²) >= 11 is 0. The molecule has 0 bridgehead atoms. The Morgan fingerprint density at radius 2 is 2.13 bits per heavy atom. The zero-order valence-corrected chi connectivity index (χ0v) is 9.21. The minimum Gasteiger partial charge on any atom is -0.481 e. The van der Waals surface area contributed by atoms with Gasteiger partial charge in [0.1, 0.15) is 0 Å². The molecule has 1 aliphatic heterocycles. The Morgan fingerprint density at radius 1 is 1.40 bits per heavy atom. The van der Waals surface area contributed by atoms with Crippen LogP contribution in [0.1, 0.15) is 51.4 Å². The molecule has 1 atom stereocenters. The van der Waals surface area contributed by atoms with Crippen molar-refractivity contribution in [3.63, 3.8) is 0 Å². The highest BCUT2D eigenvalue weighted by atomic mass is 16.5. The molecule has 0 radical (unpaired) electrons. The van der Waals surface area contributed by atoms with Crippen molar-refractivity contribution in [1.82, 2.24) is 0 Å². The maximum Gasteiger partial charge on any atom is 0.303 e. The molecule has 1 saturated carbocycles. The zero-order valence-electron chi connectivity index (χ0n) is 9.21. The topological polar surface area (TPSA) is 46.5 Å². The van der Waals surface area contributed by atoms with Crippen molar-refractivity contribution >= 4 is 5.97 Å². The fraction of sp³-hybridized carbons (Fsp3) is 0.917. The van der Waals surface area contributed by atoms with Crippen molar-refractivity contribution in [2.45, 2.75) is 57.0 Å². The van der Waals surface area contributed by atoms with Crippen molar-refractivity contribution in [3.8, 4) is 0 Å². The van der Waals surface area contributed by atoms with E-state index in [0.717, 1.165) is 25.9 Å². The van der Waals surface area contributed by atoms with Gasteiger partial charge in [0.05, 0.1) is 5.60 Å². The van der Waals surface area contributed by atoms with Gasteiger partial charge in [0.25, 0.3) is 0 Å². The van der Waals surface area contributed by atoms with Gasteiger partial charge >= 0.3 is 5.97 Å². The van der Waals surface area contributed by atoms with Gasteiger partial charge in [0.15, 0.2) is 0 Å². The lowest BCUT2D eigenvalue weighted by molar-refractivity contribution is -0.138. The van der Waals surface area contributed by atoms with Gasteiger partial charge in [-0.15, -0.1) is 0 Å². The Labute approximate surface area is 90.8 Å². The van der Waals surface area contributed by atoms with Crippen LogP contribution in [-0.4, -0.2) is 23.3 Å². The Hall–Kier alpha value is -0.570. The molecule has 0 amide bonds. The second kappa shape index (κ2) is 4.52. The minimum absolute atomic E-state index is 0.140. The van der Waals surface area contributed by atoms with Gasteiger partial charge < -0.3 is 9.84 Å². The molecule has 2 fully saturated rings. The summed E-state index contributed by atoms with van der Waals surface area (Å²) in [6.07, 6.45) is 8.25. The highest BCUT2D eigenvalue weighted by Crippen LogP contribution is 2.42. The summed E-state index contributed by atoms with van der Waals surface area (Å²) in [6, 6.07) is 0. The van der Waals surface area contributed by atoms with Crippen LogP contribution in [0.5, 0.6) is 0 Å². The number of hydrogen-bond acceptors (Lipinski definition) is 2. The second-order valence-electron chi connectivity index (χ2n) is 5.03. The molecular weight excluding hydrogens is 192 g/mol. The van der Waals surface area contributed by atoms with E-state index >= 15 is 0 Å². The Morgan fingerprint density at radius 3 is 2.80 bits per heavy atom. The Bertz CT molecular complexity index is 231. The first-order valence-electron chi connectivity index (χ1n) is 6.06. The van der Waals surface area contributed by atoms with Gasteiger partial charge in [0.2, 0.25) is 0 Å². The summed E-state index contributed by atoms with van der Waals surface area (Å²) < 4.78 is 5.92. The van der Waals surface area contributed by atoms with Gasteiger partial charge in [-0.2, -0.15) is 0 Å². The molecule has 0 aromatic rings. The van der Waals surface area contributed by atoms with Crippen molar-refractivity contribution in [1.29, 1.82) is 0 Å². The summed E-state index contributed by atoms with van der Waals surface area (Å²) in [5.41, 5.74) is 0.140. The maximum absolute atomic E-state index is 10.5. The van der Waals surface area contributed by atoms with E-state index in [4.69, 9.17) is 9.84 Å². The summed E-state index contributed by atoms with van der Waals surface area (Å²) in [7, 11) is 0. The largest absolute Gasteiger partial charge is 0.481 e. The van der Waals surface area contributed by atoms with Gasteiger partial charge in [0, 0.05) is 13.0 Å². The first kappa shape index (κ1) is 10.9. The summed E-state index contributed by atoms with van der Waals surface area (Å²) in [6.45, 7) is 0.838. The van der Waals surface area contributed by atoms with Crippen LogP contribution < -0.4 is 0 Å². The van der Waals surface area contributed by atoms with Crippen LogP contribution in [0.4, 0.5) is 0 Å². The maximum atomic E-state index is 10.5. The third-order valence-corrected chi connectivity index (χ3v) is 3.88. The van der Waals surface area contributed by atoms with E-state index in [1.54, 1.807) is 0 Å². The first-order valence-corrected chi connectivity index (χ1v) is 6.06. The number of rotatable bonds is 3. The number of aliphatic carboxylic acids is 1. The fourth-order valence-electron chi connectivity index (χ4n) is 3.07. The van der Waals surface area contributed by atoms with Gasteiger partial charge in [-0.25, -0.2) is 0 Å². The average Bonchev–Trinajstić information content (AvgIpc) is 2.63. The summed E-state index contributed by atoms with van der Waals surface area (Å²) in [4.78, 5) is 10.5. The predicted molar refractivity (Wildman–Crippen MR) is 56.7 cm³/mol. The molecule has 1 heterocycles. The number of carboxylic acid groups (broad SMARTS) is 1. The van der Waals surface area contributed by atoms with Gasteiger partial charge in [-0.05, 0) is 38.0 Å². The molecule has 1 aliphatic carbocycles. The standard InChI is InChI=1S/C12H20O3/c13-11(14)4-3-10-5-8-15-12(9-10)6-1-2-7-12/h10H,1-9H2,(H,13,14). The fourth-order valence-corrected chi connectivity index (χ4v) is 3.07. The smallest absolute Gasteiger partial charge is 0.303 e. The third-order valence-electron chi connectivity index (χ3n) is 3.88. The lowest BCUT2D eigenvalue weighted by Crippen LogP contribution is -2.37. The SMILES string of the molecule is O=C(O)CCC1CCOC2(CCCC2)C1. The van der Waals surface area contributed by atoms with Crippen LogP contribution in [0.25, 0.3) is 0 Å². The number of ether oxygens (including phenoxy) is 1. The van der Waals surface area contributed by atoms with Crippen LogP contribution in [0.2, 0.25) is 0 Å². The van der Waals surface area contributed by atoms with E-state index in [-0.39, 0.29) is 5.60 Å². The average molecular weight is 212 g/mol. The second-order valence-corrected chi connectivity index (χ2v) is 5.03. The molecule has 1 unspecified atom stereocenters. The quantitative estimate of drug-likeness (QED) is 0.782. The van der Waals surface area contributed by atoms with Crippen LogP contribution in [0.3, 0.4) is 0 Å². The highest BCUT2D eigenvalue weighted by molar-refractivity contribution is 5.66. The molecule has 1 N–H and O–H groups in total. The van der Waals surface area contributed by atoms with Crippen molar-refractivity contribution in [3.05, 3.63) is 0 Å². The summed E-state index contributed by atoms with van der Waals surface area (Å²) in [5.74, 6) is -0.0880. The Kier molecular flexibility index (Phi) is 3.29. The molecule has 2 rings (SSSR count). The predicted octanol–water partition coefficient (Wildman–Crippen LogP) is 2.59. The molecule has 1 spiro atoms. The van der Waals surface area contributed by atoms with Gasteiger partial charge in [-0.1, -0.05) is 12.8 Å². The van der Waals surface area contributed by atoms with Crippen LogP contribution in [0.15, 0.2) is 0 Å². The number of carboxylic acids is 1. The van der Waals surface area contributed by atoms with Crippen LogP contribution in [0, 0.1) is 5.92 Å². The lowest BCUT2D eigenvalue weighted by Gasteiger charge is -2.38. The van der Waals surface area contributed by atoms with Gasteiger partial charge in [-0.3, -0.25) is 4.79 Å². The monoisotopic (exact) mass is 212 g/mol. The zero-order chi connectivity index (χ0) is 10.7. The molecule has 86 valence electrons. The first-order chi connectivity index (χ1) is 7.20. The van der Waals surface area contributed by atoms with E-state index < -0.39 is 5.97 Å². The molecule has 0 aromatic carbocycles. The van der Waals surface area contributed by atoms with Crippen molar-refractivity contribution < 1.29 is 14.6 Å². The third kappa shape index (κ3) is 2.71. The molecule has 3 heteroatoms. The van der Waals surface area contributed by atoms with Crippen LogP contribution >= 0.6 is 0 Å². The van der Waals surface area contributed by atoms with Crippen molar-refractivity contribution in [2.24, 2.45) is 5.92 Å². The molecule has 1 saturated heterocycles. The van der Waals surface area contributed by atoms with E-state index in [0.29, 0.717) is 12.3 Å². The van der Waals surface area contributed by atoms with Crippen LogP contribution in [-0.2, 0) is 9.53 Å². The van der Waals surface area contributed by atoms with Crippen molar-refractivity contribution in [2.75, 3.05) is 6.61 Å². The minimum atomic E-state index is -0.665. The highest BCUT2D eigenvalue weighted by Gasteiger charge is 2.39. The van der Waals surface area contributed by atoms with E-state index in [2.05, 4.69) is 0 Å². The Balaban J connectivity index is 1.84. The summed E-state index contributed by atoms with van der Waals surface area (Å²) in [5, 5.41) is 8.67. The number of hydrogen-bond donors (Lipinski definition) is 1.